The Labute approximate surface area is 205 Å². The minimum Gasteiger partial charge on any atom is -0.493 e. The van der Waals surface area contributed by atoms with E-state index in [9.17, 15) is 9.59 Å². The second-order valence-corrected chi connectivity index (χ2v) is 8.41. The zero-order valence-electron chi connectivity index (χ0n) is 19.2. The lowest BCUT2D eigenvalue weighted by Gasteiger charge is -2.26. The van der Waals surface area contributed by atoms with Gasteiger partial charge in [-0.3, -0.25) is 14.6 Å². The minimum absolute atomic E-state index is 0.00698. The second-order valence-electron chi connectivity index (χ2n) is 7.97. The van der Waals surface area contributed by atoms with Crippen LogP contribution >= 0.6 is 11.6 Å². The molecule has 0 unspecified atom stereocenters. The first-order valence-electron chi connectivity index (χ1n) is 10.7. The molecule has 0 spiro atoms. The van der Waals surface area contributed by atoms with Gasteiger partial charge in [0, 0.05) is 24.0 Å². The highest BCUT2D eigenvalue weighted by Gasteiger charge is 2.43. The maximum Gasteiger partial charge on any atom is 0.291 e. The number of nitrogens with zero attached hydrogens (tertiary/aromatic N) is 2. The van der Waals surface area contributed by atoms with Gasteiger partial charge in [0.2, 0.25) is 11.5 Å². The summed E-state index contributed by atoms with van der Waals surface area (Å²) in [7, 11) is 4.52. The first-order chi connectivity index (χ1) is 17.0. The van der Waals surface area contributed by atoms with Crippen molar-refractivity contribution in [3.05, 3.63) is 92.6 Å². The van der Waals surface area contributed by atoms with Gasteiger partial charge >= 0.3 is 0 Å². The Morgan fingerprint density at radius 1 is 1.03 bits per heavy atom. The predicted molar refractivity (Wildman–Crippen MR) is 130 cm³/mol. The van der Waals surface area contributed by atoms with E-state index in [1.165, 1.54) is 21.3 Å². The van der Waals surface area contributed by atoms with Crippen LogP contribution in [0.2, 0.25) is 5.02 Å². The number of carbonyl (C=O) groups excluding carboxylic acids is 1. The Hall–Kier alpha value is -4.04. The van der Waals surface area contributed by atoms with Gasteiger partial charge in [0.15, 0.2) is 16.9 Å². The van der Waals surface area contributed by atoms with Crippen LogP contribution in [-0.4, -0.2) is 37.1 Å². The number of benzene rings is 2. The molecule has 0 aliphatic carbocycles. The minimum atomic E-state index is -0.772. The topological polar surface area (TPSA) is 91.1 Å². The van der Waals surface area contributed by atoms with Gasteiger partial charge in [0.05, 0.1) is 38.3 Å². The van der Waals surface area contributed by atoms with Crippen molar-refractivity contribution in [1.82, 2.24) is 9.88 Å². The van der Waals surface area contributed by atoms with E-state index in [0.717, 1.165) is 5.56 Å². The highest BCUT2D eigenvalue weighted by atomic mass is 35.5. The molecule has 0 radical (unpaired) electrons. The van der Waals surface area contributed by atoms with Gasteiger partial charge in [-0.1, -0.05) is 17.7 Å². The van der Waals surface area contributed by atoms with E-state index in [4.69, 9.17) is 30.2 Å². The normalized spacial score (nSPS) is 14.8. The lowest BCUT2D eigenvalue weighted by molar-refractivity contribution is 0.0713. The number of amides is 1. The number of methoxy groups -OCH3 is 3. The quantitative estimate of drug-likeness (QED) is 0.388. The molecule has 3 heterocycles. The SMILES string of the molecule is COc1cc([C@H]2c3c(oc4ccc(Cl)cc4c3=O)C(=O)N2Cc2cccnc2)cc(OC)c1OC. The van der Waals surface area contributed by atoms with E-state index in [2.05, 4.69) is 4.98 Å². The fraction of sp³-hybridized carbons (Fsp3) is 0.192. The molecule has 4 aromatic rings. The van der Waals surface area contributed by atoms with Gasteiger partial charge in [0.1, 0.15) is 5.58 Å². The average Bonchev–Trinajstić information content (AvgIpc) is 3.15. The highest BCUT2D eigenvalue weighted by Crippen LogP contribution is 2.45. The summed E-state index contributed by atoms with van der Waals surface area (Å²) in [5.74, 6) is 0.790. The summed E-state index contributed by atoms with van der Waals surface area (Å²) in [6.45, 7) is 0.203. The van der Waals surface area contributed by atoms with Crippen molar-refractivity contribution in [3.8, 4) is 17.2 Å². The van der Waals surface area contributed by atoms with Gasteiger partial charge in [-0.15, -0.1) is 0 Å². The van der Waals surface area contributed by atoms with E-state index >= 15 is 0 Å². The molecule has 5 rings (SSSR count). The van der Waals surface area contributed by atoms with Crippen LogP contribution in [0.3, 0.4) is 0 Å². The van der Waals surface area contributed by atoms with Crippen molar-refractivity contribution < 1.29 is 23.4 Å². The molecule has 178 valence electrons. The van der Waals surface area contributed by atoms with Gasteiger partial charge in [-0.05, 0) is 47.5 Å². The number of ether oxygens (including phenoxy) is 3. The lowest BCUT2D eigenvalue weighted by Crippen LogP contribution is -2.29. The van der Waals surface area contributed by atoms with Gasteiger partial charge < -0.3 is 23.5 Å². The molecule has 1 atom stereocenters. The number of fused-ring (bicyclic) bond motifs is 2. The monoisotopic (exact) mass is 492 g/mol. The molecule has 0 saturated carbocycles. The van der Waals surface area contributed by atoms with Crippen molar-refractivity contribution >= 4 is 28.5 Å². The summed E-state index contributed by atoms with van der Waals surface area (Å²) in [4.78, 5) is 33.1. The molecule has 9 heteroatoms. The molecule has 35 heavy (non-hydrogen) atoms. The van der Waals surface area contributed by atoms with E-state index in [1.807, 2.05) is 6.07 Å². The fourth-order valence-corrected chi connectivity index (χ4v) is 4.62. The molecule has 1 amide bonds. The molecular formula is C26H21ClN2O6. The Morgan fingerprint density at radius 2 is 1.77 bits per heavy atom. The Balaban J connectivity index is 1.78. The van der Waals surface area contributed by atoms with Crippen molar-refractivity contribution in [1.29, 1.82) is 0 Å². The number of pyridine rings is 1. The number of rotatable bonds is 6. The molecule has 8 nitrogen and oxygen atoms in total. The summed E-state index contributed by atoms with van der Waals surface area (Å²) >= 11 is 6.16. The molecule has 1 aliphatic rings. The average molecular weight is 493 g/mol. The first kappa shape index (κ1) is 22.7. The van der Waals surface area contributed by atoms with Crippen LogP contribution in [0.15, 0.2) is 64.1 Å². The second kappa shape index (κ2) is 8.96. The summed E-state index contributed by atoms with van der Waals surface area (Å²) in [6.07, 6.45) is 3.33. The molecule has 1 aliphatic heterocycles. The third-order valence-corrected chi connectivity index (χ3v) is 6.24. The summed E-state index contributed by atoms with van der Waals surface area (Å²) in [5, 5.41) is 0.690. The number of hydrogen-bond acceptors (Lipinski definition) is 7. The molecule has 2 aromatic carbocycles. The molecule has 0 N–H and O–H groups in total. The van der Waals surface area contributed by atoms with Gasteiger partial charge in [-0.25, -0.2) is 0 Å². The zero-order valence-corrected chi connectivity index (χ0v) is 20.0. The van der Waals surface area contributed by atoms with Crippen molar-refractivity contribution in [3.63, 3.8) is 0 Å². The third kappa shape index (κ3) is 3.76. The molecular weight excluding hydrogens is 472 g/mol. The van der Waals surface area contributed by atoms with Crippen LogP contribution in [0.25, 0.3) is 11.0 Å². The molecule has 0 fully saturated rings. The fourth-order valence-electron chi connectivity index (χ4n) is 4.45. The summed E-state index contributed by atoms with van der Waals surface area (Å²) in [6, 6.07) is 11.1. The molecule has 2 aromatic heterocycles. The third-order valence-electron chi connectivity index (χ3n) is 6.01. The lowest BCUT2D eigenvalue weighted by atomic mass is 9.97. The van der Waals surface area contributed by atoms with E-state index in [1.54, 1.807) is 53.7 Å². The van der Waals surface area contributed by atoms with Crippen LogP contribution in [0.4, 0.5) is 0 Å². The van der Waals surface area contributed by atoms with Gasteiger partial charge in [0.25, 0.3) is 5.91 Å². The number of aromatic nitrogens is 1. The van der Waals surface area contributed by atoms with Crippen molar-refractivity contribution in [2.24, 2.45) is 0 Å². The van der Waals surface area contributed by atoms with Crippen molar-refractivity contribution in [2.45, 2.75) is 12.6 Å². The van der Waals surface area contributed by atoms with Crippen LogP contribution in [0.1, 0.15) is 33.3 Å². The standard InChI is InChI=1S/C26H21ClN2O6/c1-32-19-9-15(10-20(33-2)24(19)34-3)22-21-23(30)17-11-16(27)6-7-18(17)35-25(21)26(31)29(22)13-14-5-4-8-28-12-14/h4-12,22H,13H2,1-3H3/t22-/m0/s1. The Kier molecular flexibility index (Phi) is 5.82. The first-order valence-corrected chi connectivity index (χ1v) is 11.1. The largest absolute Gasteiger partial charge is 0.493 e. The number of halogens is 1. The highest BCUT2D eigenvalue weighted by molar-refractivity contribution is 6.31. The van der Waals surface area contributed by atoms with Crippen LogP contribution in [-0.2, 0) is 6.54 Å². The van der Waals surface area contributed by atoms with E-state index in [-0.39, 0.29) is 23.3 Å². The van der Waals surface area contributed by atoms with E-state index in [0.29, 0.717) is 38.8 Å². The zero-order chi connectivity index (χ0) is 24.7. The summed E-state index contributed by atoms with van der Waals surface area (Å²) in [5.41, 5.74) is 1.58. The maximum atomic E-state index is 13.7. The Bertz CT molecular complexity index is 1480. The molecule has 0 bridgehead atoms. The smallest absolute Gasteiger partial charge is 0.291 e. The Morgan fingerprint density at radius 3 is 2.40 bits per heavy atom. The van der Waals surface area contributed by atoms with Crippen LogP contribution in [0, 0.1) is 0 Å². The predicted octanol–water partition coefficient (Wildman–Crippen LogP) is 4.61. The van der Waals surface area contributed by atoms with Crippen molar-refractivity contribution in [2.75, 3.05) is 21.3 Å². The van der Waals surface area contributed by atoms with Crippen LogP contribution < -0.4 is 19.6 Å². The van der Waals surface area contributed by atoms with E-state index < -0.39 is 11.9 Å². The number of hydrogen-bond donors (Lipinski definition) is 0. The van der Waals surface area contributed by atoms with Gasteiger partial charge in [-0.2, -0.15) is 0 Å². The van der Waals surface area contributed by atoms with Crippen LogP contribution in [0.5, 0.6) is 17.2 Å². The molecule has 0 saturated heterocycles. The maximum absolute atomic E-state index is 13.7. The number of carbonyl (C=O) groups is 1. The summed E-state index contributed by atoms with van der Waals surface area (Å²) < 4.78 is 22.5.